The molecule has 1 aromatic heterocycles. The first-order valence-electron chi connectivity index (χ1n) is 7.77. The third-order valence-electron chi connectivity index (χ3n) is 4.70. The zero-order valence-electron chi connectivity index (χ0n) is 13.3. The molecule has 1 amide bonds. The summed E-state index contributed by atoms with van der Waals surface area (Å²) in [5, 5.41) is 3.22. The van der Waals surface area contributed by atoms with Gasteiger partial charge in [-0.05, 0) is 40.5 Å². The van der Waals surface area contributed by atoms with Crippen molar-refractivity contribution in [3.8, 4) is 0 Å². The Labute approximate surface area is 126 Å². The fraction of sp³-hybridized carbons (Fsp3) is 0.750. The molecule has 0 spiro atoms. The van der Waals surface area contributed by atoms with E-state index in [4.69, 9.17) is 4.74 Å². The van der Waals surface area contributed by atoms with E-state index in [1.54, 1.807) is 0 Å². The van der Waals surface area contributed by atoms with Crippen LogP contribution in [0, 0.1) is 5.92 Å². The predicted octanol–water partition coefficient (Wildman–Crippen LogP) is 1.91. The Bertz CT molecular complexity index is 547. The average molecular weight is 291 g/mol. The normalized spacial score (nSPS) is 29.9. The van der Waals surface area contributed by atoms with Crippen molar-refractivity contribution < 1.29 is 9.53 Å². The van der Waals surface area contributed by atoms with Crippen LogP contribution in [-0.2, 0) is 22.5 Å². The minimum Gasteiger partial charge on any atom is -0.367 e. The molecule has 0 bridgehead atoms. The van der Waals surface area contributed by atoms with Crippen LogP contribution in [0.2, 0.25) is 0 Å². The summed E-state index contributed by atoms with van der Waals surface area (Å²) in [4.78, 5) is 16.9. The van der Waals surface area contributed by atoms with Gasteiger partial charge >= 0.3 is 0 Å². The summed E-state index contributed by atoms with van der Waals surface area (Å²) in [5.74, 6) is 1.27. The van der Waals surface area contributed by atoms with Crippen LogP contribution in [0.15, 0.2) is 12.4 Å². The number of carbonyl (C=O) groups is 1. The Morgan fingerprint density at radius 1 is 1.43 bits per heavy atom. The fourth-order valence-electron chi connectivity index (χ4n) is 3.66. The van der Waals surface area contributed by atoms with E-state index in [0.29, 0.717) is 0 Å². The maximum atomic E-state index is 12.6. The molecule has 0 radical (unpaired) electrons. The number of fused-ring (bicyclic) bond motifs is 1. The van der Waals surface area contributed by atoms with Crippen LogP contribution in [0.3, 0.4) is 0 Å². The SMILES string of the molecule is CC1(C)C[C@H](NC(=O)[C@@H]2CCc3nccn3C2)C(C)(C)O1. The smallest absolute Gasteiger partial charge is 0.225 e. The first kappa shape index (κ1) is 14.6. The van der Waals surface area contributed by atoms with Crippen LogP contribution in [0.1, 0.15) is 46.4 Å². The molecule has 1 saturated heterocycles. The molecule has 1 fully saturated rings. The van der Waals surface area contributed by atoms with Crippen molar-refractivity contribution in [2.75, 3.05) is 0 Å². The highest BCUT2D eigenvalue weighted by atomic mass is 16.5. The van der Waals surface area contributed by atoms with Crippen LogP contribution < -0.4 is 5.32 Å². The van der Waals surface area contributed by atoms with E-state index in [2.05, 4.69) is 42.6 Å². The second-order valence-corrected chi connectivity index (χ2v) is 7.46. The molecular formula is C16H25N3O2. The highest BCUT2D eigenvalue weighted by Crippen LogP contribution is 2.37. The van der Waals surface area contributed by atoms with E-state index >= 15 is 0 Å². The molecule has 5 nitrogen and oxygen atoms in total. The molecule has 5 heteroatoms. The molecule has 21 heavy (non-hydrogen) atoms. The Balaban J connectivity index is 1.65. The highest BCUT2D eigenvalue weighted by Gasteiger charge is 2.47. The predicted molar refractivity (Wildman–Crippen MR) is 79.8 cm³/mol. The maximum absolute atomic E-state index is 12.6. The van der Waals surface area contributed by atoms with Crippen LogP contribution in [0.25, 0.3) is 0 Å². The van der Waals surface area contributed by atoms with Crippen molar-refractivity contribution >= 4 is 5.91 Å². The standard InChI is InChI=1S/C16H25N3O2/c1-15(2)9-12(16(3,4)21-15)18-14(20)11-5-6-13-17-7-8-19(13)10-11/h7-8,11-12H,5-6,9-10H2,1-4H3,(H,18,20)/t11-,12+/m1/s1. The minimum atomic E-state index is -0.312. The number of amides is 1. The monoisotopic (exact) mass is 291 g/mol. The van der Waals surface area contributed by atoms with Gasteiger partial charge in [0.05, 0.1) is 23.2 Å². The summed E-state index contributed by atoms with van der Waals surface area (Å²) in [7, 11) is 0. The lowest BCUT2D eigenvalue weighted by molar-refractivity contribution is -0.128. The molecular weight excluding hydrogens is 266 g/mol. The maximum Gasteiger partial charge on any atom is 0.225 e. The number of imidazole rings is 1. The van der Waals surface area contributed by atoms with Gasteiger partial charge in [0.25, 0.3) is 0 Å². The number of rotatable bonds is 2. The molecule has 0 aromatic carbocycles. The van der Waals surface area contributed by atoms with E-state index < -0.39 is 0 Å². The lowest BCUT2D eigenvalue weighted by atomic mass is 9.92. The van der Waals surface area contributed by atoms with Crippen LogP contribution in [0.5, 0.6) is 0 Å². The summed E-state index contributed by atoms with van der Waals surface area (Å²) in [6, 6.07) is 0.0733. The molecule has 1 aromatic rings. The van der Waals surface area contributed by atoms with Crippen molar-refractivity contribution in [2.24, 2.45) is 5.92 Å². The number of hydrogen-bond acceptors (Lipinski definition) is 3. The van der Waals surface area contributed by atoms with Gasteiger partial charge < -0.3 is 14.6 Å². The summed E-state index contributed by atoms with van der Waals surface area (Å²) in [5.41, 5.74) is -0.487. The van der Waals surface area contributed by atoms with Crippen molar-refractivity contribution in [1.29, 1.82) is 0 Å². The first-order valence-corrected chi connectivity index (χ1v) is 7.77. The highest BCUT2D eigenvalue weighted by molar-refractivity contribution is 5.79. The fourth-order valence-corrected chi connectivity index (χ4v) is 3.66. The molecule has 2 atom stereocenters. The first-order chi connectivity index (χ1) is 9.77. The Morgan fingerprint density at radius 2 is 2.19 bits per heavy atom. The molecule has 0 unspecified atom stereocenters. The van der Waals surface area contributed by atoms with E-state index in [9.17, 15) is 4.79 Å². The van der Waals surface area contributed by atoms with Crippen LogP contribution >= 0.6 is 0 Å². The summed E-state index contributed by atoms with van der Waals surface area (Å²) in [6.45, 7) is 9.01. The van der Waals surface area contributed by atoms with Crippen molar-refractivity contribution in [1.82, 2.24) is 14.9 Å². The second-order valence-electron chi connectivity index (χ2n) is 7.46. The Hall–Kier alpha value is -1.36. The largest absolute Gasteiger partial charge is 0.367 e. The number of carbonyl (C=O) groups excluding carboxylic acids is 1. The van der Waals surface area contributed by atoms with Crippen molar-refractivity contribution in [3.05, 3.63) is 18.2 Å². The minimum absolute atomic E-state index is 0.0335. The summed E-state index contributed by atoms with van der Waals surface area (Å²) >= 11 is 0. The third-order valence-corrected chi connectivity index (χ3v) is 4.70. The molecule has 0 saturated carbocycles. The quantitative estimate of drug-likeness (QED) is 0.905. The number of aryl methyl sites for hydroxylation is 1. The van der Waals surface area contributed by atoms with E-state index in [0.717, 1.165) is 31.6 Å². The lowest BCUT2D eigenvalue weighted by Gasteiger charge is -2.30. The van der Waals surface area contributed by atoms with Gasteiger partial charge in [-0.1, -0.05) is 0 Å². The third kappa shape index (κ3) is 2.84. The second kappa shape index (κ2) is 4.83. The lowest BCUT2D eigenvalue weighted by Crippen LogP contribution is -2.49. The summed E-state index contributed by atoms with van der Waals surface area (Å²) in [6.07, 6.45) is 6.38. The topological polar surface area (TPSA) is 56.2 Å². The zero-order chi connectivity index (χ0) is 15.3. The van der Waals surface area contributed by atoms with Gasteiger partial charge in [-0.2, -0.15) is 0 Å². The molecule has 2 aliphatic rings. The molecule has 3 rings (SSSR count). The van der Waals surface area contributed by atoms with Gasteiger partial charge in [-0.15, -0.1) is 0 Å². The summed E-state index contributed by atoms with van der Waals surface area (Å²) < 4.78 is 8.14. The number of aromatic nitrogens is 2. The van der Waals surface area contributed by atoms with Crippen molar-refractivity contribution in [3.63, 3.8) is 0 Å². The zero-order valence-corrected chi connectivity index (χ0v) is 13.3. The van der Waals surface area contributed by atoms with Crippen LogP contribution in [0.4, 0.5) is 0 Å². The number of hydrogen-bond donors (Lipinski definition) is 1. The van der Waals surface area contributed by atoms with Gasteiger partial charge in [0.15, 0.2) is 0 Å². The molecule has 116 valence electrons. The Morgan fingerprint density at radius 3 is 2.86 bits per heavy atom. The van der Waals surface area contributed by atoms with Gasteiger partial charge in [0.1, 0.15) is 5.82 Å². The van der Waals surface area contributed by atoms with Crippen molar-refractivity contribution in [2.45, 2.75) is 70.7 Å². The van der Waals surface area contributed by atoms with Gasteiger partial charge in [0.2, 0.25) is 5.91 Å². The number of nitrogens with one attached hydrogen (secondary N) is 1. The molecule has 1 N–H and O–H groups in total. The molecule has 3 heterocycles. The van der Waals surface area contributed by atoms with E-state index in [-0.39, 0.29) is 29.1 Å². The van der Waals surface area contributed by atoms with Gasteiger partial charge in [0, 0.05) is 25.4 Å². The number of ether oxygens (including phenoxy) is 1. The molecule has 2 aliphatic heterocycles. The van der Waals surface area contributed by atoms with E-state index in [1.807, 2.05) is 12.4 Å². The number of nitrogens with zero attached hydrogens (tertiary/aromatic N) is 2. The molecule has 0 aliphatic carbocycles. The van der Waals surface area contributed by atoms with Gasteiger partial charge in [-0.25, -0.2) is 4.98 Å². The van der Waals surface area contributed by atoms with Gasteiger partial charge in [-0.3, -0.25) is 4.79 Å². The van der Waals surface area contributed by atoms with E-state index in [1.165, 1.54) is 0 Å². The average Bonchev–Trinajstić information content (AvgIpc) is 2.90. The van der Waals surface area contributed by atoms with Crippen LogP contribution in [-0.4, -0.2) is 32.7 Å². The Kier molecular flexibility index (Phi) is 3.35.